The summed E-state index contributed by atoms with van der Waals surface area (Å²) < 4.78 is 22.8. The lowest BCUT2D eigenvalue weighted by Crippen LogP contribution is -2.55. The van der Waals surface area contributed by atoms with Gasteiger partial charge in [-0.3, -0.25) is 14.5 Å². The van der Waals surface area contributed by atoms with Crippen molar-refractivity contribution < 1.29 is 23.5 Å². The van der Waals surface area contributed by atoms with E-state index < -0.39 is 37.1 Å². The smallest absolute Gasteiger partial charge is 0.264 e. The van der Waals surface area contributed by atoms with Gasteiger partial charge in [0.1, 0.15) is 5.54 Å². The Balaban J connectivity index is 1.35. The summed E-state index contributed by atoms with van der Waals surface area (Å²) in [7, 11) is -3.34. The standard InChI is InChI=1S/C36H43FN4O4Si/c1-25-32(46(2,3)37)31(16-21-42)45-36(25)29-22-28(14-15-30(29)39(34(36)44)23-26-10-6-4-7-11-26)40-24-41(27-12-8-5-9-13-27)35(33(40)43)17-19-38-20-18-35/h4-15,22,25,31-32,38,42H,16-21,23-24H2,1-3H3/t25-,31+,32-,36+/m1/s1. The van der Waals surface area contributed by atoms with Crippen LogP contribution < -0.4 is 20.0 Å². The number of hydrogen-bond donors (Lipinski definition) is 2. The van der Waals surface area contributed by atoms with Gasteiger partial charge in [-0.2, -0.15) is 0 Å². The van der Waals surface area contributed by atoms with Crippen LogP contribution in [0.1, 0.15) is 37.3 Å². The van der Waals surface area contributed by atoms with Crippen molar-refractivity contribution in [2.75, 3.05) is 41.1 Å². The van der Waals surface area contributed by atoms with E-state index in [2.05, 4.69) is 22.3 Å². The van der Waals surface area contributed by atoms with Crippen LogP contribution in [0, 0.1) is 5.92 Å². The molecule has 4 heterocycles. The van der Waals surface area contributed by atoms with Gasteiger partial charge in [0.05, 0.1) is 25.0 Å². The summed E-state index contributed by atoms with van der Waals surface area (Å²) in [6, 6.07) is 25.7. The Hall–Kier alpha value is -3.57. The molecule has 0 radical (unpaired) electrons. The average molecular weight is 643 g/mol. The number of aliphatic hydroxyl groups is 1. The maximum absolute atomic E-state index is 16.1. The Morgan fingerprint density at radius 3 is 2.28 bits per heavy atom. The highest BCUT2D eigenvalue weighted by atomic mass is 28.4. The van der Waals surface area contributed by atoms with Gasteiger partial charge in [0.25, 0.3) is 11.8 Å². The van der Waals surface area contributed by atoms with E-state index >= 15 is 4.11 Å². The van der Waals surface area contributed by atoms with Crippen LogP contribution in [0.25, 0.3) is 0 Å². The van der Waals surface area contributed by atoms with Crippen LogP contribution in [-0.2, 0) is 26.5 Å². The molecule has 0 bridgehead atoms. The van der Waals surface area contributed by atoms with Crippen LogP contribution >= 0.6 is 0 Å². The molecule has 2 spiro atoms. The van der Waals surface area contributed by atoms with Crippen molar-refractivity contribution in [2.45, 2.75) is 68.6 Å². The molecule has 4 aliphatic rings. The second-order valence-electron chi connectivity index (χ2n) is 13.8. The highest BCUT2D eigenvalue weighted by molar-refractivity contribution is 6.72. The molecule has 2 N–H and O–H groups in total. The number of piperidine rings is 1. The number of carbonyl (C=O) groups excluding carboxylic acids is 2. The number of para-hydroxylation sites is 1. The molecular weight excluding hydrogens is 600 g/mol. The second kappa shape index (κ2) is 11.6. The number of aliphatic hydroxyl groups excluding tert-OH is 1. The molecule has 242 valence electrons. The van der Waals surface area contributed by atoms with Crippen molar-refractivity contribution in [3.05, 3.63) is 90.0 Å². The Bertz CT molecular complexity index is 1610. The lowest BCUT2D eigenvalue weighted by Gasteiger charge is -2.39. The minimum absolute atomic E-state index is 0.0473. The SMILES string of the molecule is C[C@@H]1[C@@H]([Si](C)(C)F)[C@H](CCO)O[C@@]12C(=O)N(Cc1ccccc1)c1ccc(N3CN(c4ccccc4)C4(CCNCC4)C3=O)cc12. The van der Waals surface area contributed by atoms with E-state index in [0.717, 1.165) is 24.3 Å². The molecule has 3 aromatic carbocycles. The van der Waals surface area contributed by atoms with E-state index in [0.29, 0.717) is 43.0 Å². The number of anilines is 3. The summed E-state index contributed by atoms with van der Waals surface area (Å²) in [5, 5.41) is 13.4. The molecule has 0 unspecified atom stereocenters. The summed E-state index contributed by atoms with van der Waals surface area (Å²) in [6.45, 7) is 7.33. The van der Waals surface area contributed by atoms with Gasteiger partial charge >= 0.3 is 0 Å². The fraction of sp³-hybridized carbons (Fsp3) is 0.444. The molecule has 3 aromatic rings. The highest BCUT2D eigenvalue weighted by Crippen LogP contribution is 2.61. The summed E-state index contributed by atoms with van der Waals surface area (Å²) in [6.07, 6.45) is 1.04. The maximum Gasteiger partial charge on any atom is 0.264 e. The third kappa shape index (κ3) is 4.72. The minimum atomic E-state index is -3.34. The highest BCUT2D eigenvalue weighted by Gasteiger charge is 2.67. The molecule has 10 heteroatoms. The Kier molecular flexibility index (Phi) is 7.82. The van der Waals surface area contributed by atoms with Gasteiger partial charge < -0.3 is 29.1 Å². The van der Waals surface area contributed by atoms with Crippen molar-refractivity contribution in [1.29, 1.82) is 0 Å². The first-order valence-corrected chi connectivity index (χ1v) is 19.4. The van der Waals surface area contributed by atoms with Crippen molar-refractivity contribution in [1.82, 2.24) is 5.32 Å². The van der Waals surface area contributed by atoms with Crippen molar-refractivity contribution >= 4 is 37.3 Å². The summed E-state index contributed by atoms with van der Waals surface area (Å²) in [5.41, 5.74) is 1.48. The molecule has 7 rings (SSSR count). The number of nitrogens with zero attached hydrogens (tertiary/aromatic N) is 3. The van der Waals surface area contributed by atoms with Crippen LogP contribution in [0.2, 0.25) is 18.6 Å². The number of carbonyl (C=O) groups is 2. The number of rotatable bonds is 7. The number of hydrogen-bond acceptors (Lipinski definition) is 6. The lowest BCUT2D eigenvalue weighted by molar-refractivity contribution is -0.146. The third-order valence-electron chi connectivity index (χ3n) is 10.8. The van der Waals surface area contributed by atoms with E-state index in [4.69, 9.17) is 4.74 Å². The molecule has 8 nitrogen and oxygen atoms in total. The normalized spacial score (nSPS) is 27.3. The predicted molar refractivity (Wildman–Crippen MR) is 180 cm³/mol. The van der Waals surface area contributed by atoms with Gasteiger partial charge in [-0.25, -0.2) is 0 Å². The van der Waals surface area contributed by atoms with E-state index in [1.165, 1.54) is 0 Å². The van der Waals surface area contributed by atoms with Gasteiger partial charge in [0.15, 0.2) is 5.60 Å². The zero-order valence-electron chi connectivity index (χ0n) is 26.8. The monoisotopic (exact) mass is 642 g/mol. The van der Waals surface area contributed by atoms with Gasteiger partial charge in [0.2, 0.25) is 8.41 Å². The molecule has 0 saturated carbocycles. The van der Waals surface area contributed by atoms with Crippen LogP contribution in [0.4, 0.5) is 21.2 Å². The number of benzene rings is 3. The number of ether oxygens (including phenoxy) is 1. The van der Waals surface area contributed by atoms with Crippen molar-refractivity contribution in [3.8, 4) is 0 Å². The topological polar surface area (TPSA) is 85.3 Å². The fourth-order valence-electron chi connectivity index (χ4n) is 8.69. The van der Waals surface area contributed by atoms with E-state index in [1.807, 2.05) is 78.6 Å². The Morgan fingerprint density at radius 1 is 0.957 bits per heavy atom. The third-order valence-corrected chi connectivity index (χ3v) is 13.3. The summed E-state index contributed by atoms with van der Waals surface area (Å²) in [5.74, 6) is -0.636. The largest absolute Gasteiger partial charge is 0.396 e. The van der Waals surface area contributed by atoms with Gasteiger partial charge in [-0.1, -0.05) is 55.5 Å². The number of nitrogens with one attached hydrogen (secondary N) is 1. The summed E-state index contributed by atoms with van der Waals surface area (Å²) in [4.78, 5) is 35.1. The first-order chi connectivity index (χ1) is 22.1. The maximum atomic E-state index is 16.1. The zero-order valence-corrected chi connectivity index (χ0v) is 27.8. The molecule has 2 amide bonds. The van der Waals surface area contributed by atoms with Gasteiger partial charge in [-0.15, -0.1) is 0 Å². The Labute approximate surface area is 271 Å². The molecule has 0 aromatic heterocycles. The number of fused-ring (bicyclic) bond motifs is 2. The van der Waals surface area contributed by atoms with Gasteiger partial charge in [0, 0.05) is 35.0 Å². The number of amides is 2. The lowest BCUT2D eigenvalue weighted by atomic mass is 9.82. The van der Waals surface area contributed by atoms with Crippen LogP contribution in [0.5, 0.6) is 0 Å². The molecule has 0 aliphatic carbocycles. The van der Waals surface area contributed by atoms with E-state index in [1.54, 1.807) is 18.0 Å². The second-order valence-corrected chi connectivity index (χ2v) is 17.6. The summed E-state index contributed by atoms with van der Waals surface area (Å²) >= 11 is 0. The Morgan fingerprint density at radius 2 is 1.63 bits per heavy atom. The minimum Gasteiger partial charge on any atom is -0.396 e. The van der Waals surface area contributed by atoms with Crippen molar-refractivity contribution in [3.63, 3.8) is 0 Å². The van der Waals surface area contributed by atoms with Crippen LogP contribution in [0.15, 0.2) is 78.9 Å². The molecule has 4 atom stereocenters. The predicted octanol–water partition coefficient (Wildman–Crippen LogP) is 5.32. The molecule has 3 fully saturated rings. The molecule has 46 heavy (non-hydrogen) atoms. The molecule has 4 aliphatic heterocycles. The first kappa shape index (κ1) is 31.0. The van der Waals surface area contributed by atoms with E-state index in [9.17, 15) is 14.7 Å². The zero-order chi connectivity index (χ0) is 32.3. The quantitative estimate of drug-likeness (QED) is 0.268. The fourth-order valence-corrected chi connectivity index (χ4v) is 11.2. The average Bonchev–Trinajstić information content (AvgIpc) is 3.60. The first-order valence-electron chi connectivity index (χ1n) is 16.5. The van der Waals surface area contributed by atoms with Gasteiger partial charge in [-0.05, 0) is 81.3 Å². The van der Waals surface area contributed by atoms with Crippen molar-refractivity contribution in [2.24, 2.45) is 5.92 Å². The van der Waals surface area contributed by atoms with E-state index in [-0.39, 0.29) is 24.8 Å². The molecular formula is C36H43FN4O4Si. The molecule has 3 saturated heterocycles. The van der Waals surface area contributed by atoms with Crippen LogP contribution in [-0.4, -0.2) is 63.3 Å². The van der Waals surface area contributed by atoms with Crippen LogP contribution in [0.3, 0.4) is 0 Å². The number of halogens is 1.